The molecule has 1 aromatic heterocycles. The number of nitrogens with zero attached hydrogens (tertiary/aromatic N) is 4. The lowest BCUT2D eigenvalue weighted by Gasteiger charge is -2.36. The summed E-state index contributed by atoms with van der Waals surface area (Å²) >= 11 is 0. The van der Waals surface area contributed by atoms with Crippen molar-refractivity contribution < 1.29 is 13.2 Å². The van der Waals surface area contributed by atoms with Crippen LogP contribution in [-0.2, 0) is 12.7 Å². The number of hydrogen-bond acceptors (Lipinski definition) is 3. The molecule has 2 heterocycles. The van der Waals surface area contributed by atoms with E-state index in [0.717, 1.165) is 61.0 Å². The van der Waals surface area contributed by atoms with Crippen LogP contribution in [0.5, 0.6) is 0 Å². The van der Waals surface area contributed by atoms with Gasteiger partial charge in [0.1, 0.15) is 0 Å². The second-order valence-corrected chi connectivity index (χ2v) is 7.72. The maximum atomic E-state index is 12.7. The van der Waals surface area contributed by atoms with Crippen molar-refractivity contribution in [3.8, 4) is 5.69 Å². The first kappa shape index (κ1) is 20.5. The molecule has 0 unspecified atom stereocenters. The molecule has 1 aliphatic heterocycles. The third-order valence-corrected chi connectivity index (χ3v) is 5.63. The van der Waals surface area contributed by atoms with Crippen molar-refractivity contribution in [2.75, 3.05) is 31.1 Å². The van der Waals surface area contributed by atoms with Gasteiger partial charge in [0.25, 0.3) is 0 Å². The van der Waals surface area contributed by atoms with Crippen LogP contribution in [0.25, 0.3) is 5.69 Å². The molecule has 2 aromatic carbocycles. The zero-order chi connectivity index (χ0) is 21.3. The van der Waals surface area contributed by atoms with E-state index in [0.29, 0.717) is 6.54 Å². The van der Waals surface area contributed by atoms with Crippen molar-refractivity contribution in [1.82, 2.24) is 14.7 Å². The summed E-state index contributed by atoms with van der Waals surface area (Å²) in [4.78, 5) is 4.64. The summed E-state index contributed by atoms with van der Waals surface area (Å²) in [6.45, 7) is 8.24. The maximum Gasteiger partial charge on any atom is 0.416 e. The molecule has 0 aliphatic carbocycles. The quantitative estimate of drug-likeness (QED) is 0.611. The fraction of sp³-hybridized carbons (Fsp3) is 0.348. The van der Waals surface area contributed by atoms with Crippen molar-refractivity contribution in [3.05, 3.63) is 77.1 Å². The summed E-state index contributed by atoms with van der Waals surface area (Å²) in [6.07, 6.45) is -4.29. The summed E-state index contributed by atoms with van der Waals surface area (Å²) in [5.74, 6) is 0. The molecule has 30 heavy (non-hydrogen) atoms. The monoisotopic (exact) mass is 414 g/mol. The lowest BCUT2D eigenvalue weighted by Crippen LogP contribution is -2.46. The summed E-state index contributed by atoms with van der Waals surface area (Å²) in [6, 6.07) is 15.6. The van der Waals surface area contributed by atoms with Gasteiger partial charge in [0.05, 0.1) is 28.3 Å². The van der Waals surface area contributed by atoms with Crippen LogP contribution in [0.1, 0.15) is 22.5 Å². The molecule has 0 bridgehead atoms. The number of anilines is 1. The number of para-hydroxylation sites is 1. The summed E-state index contributed by atoms with van der Waals surface area (Å²) < 4.78 is 40.2. The largest absolute Gasteiger partial charge is 0.416 e. The van der Waals surface area contributed by atoms with Gasteiger partial charge in [-0.25, -0.2) is 4.68 Å². The van der Waals surface area contributed by atoms with Gasteiger partial charge < -0.3 is 4.90 Å². The van der Waals surface area contributed by atoms with Gasteiger partial charge in [-0.05, 0) is 43.7 Å². The minimum atomic E-state index is -4.29. The first-order chi connectivity index (χ1) is 14.3. The van der Waals surface area contributed by atoms with Crippen molar-refractivity contribution in [3.63, 3.8) is 0 Å². The van der Waals surface area contributed by atoms with Crippen molar-refractivity contribution >= 4 is 5.69 Å². The van der Waals surface area contributed by atoms with Crippen molar-refractivity contribution in [2.24, 2.45) is 0 Å². The first-order valence-electron chi connectivity index (χ1n) is 10.1. The van der Waals surface area contributed by atoms with Crippen LogP contribution >= 0.6 is 0 Å². The smallest absolute Gasteiger partial charge is 0.366 e. The SMILES string of the molecule is Cc1nn(-c2ccccc2)c(C)c1N1CCN(Cc2ccc(C(F)(F)F)cc2)CC1. The predicted octanol–water partition coefficient (Wildman–Crippen LogP) is 4.83. The van der Waals surface area contributed by atoms with E-state index in [4.69, 9.17) is 5.10 Å². The molecule has 0 radical (unpaired) electrons. The Hall–Kier alpha value is -2.80. The predicted molar refractivity (Wildman–Crippen MR) is 112 cm³/mol. The van der Waals surface area contributed by atoms with E-state index in [1.807, 2.05) is 41.9 Å². The Morgan fingerprint density at radius 2 is 1.50 bits per heavy atom. The fourth-order valence-corrected chi connectivity index (χ4v) is 4.10. The van der Waals surface area contributed by atoms with Crippen LogP contribution < -0.4 is 4.90 Å². The number of aryl methyl sites for hydroxylation is 1. The van der Waals surface area contributed by atoms with Crippen molar-refractivity contribution in [1.29, 1.82) is 0 Å². The van der Waals surface area contributed by atoms with Gasteiger partial charge >= 0.3 is 6.18 Å². The Morgan fingerprint density at radius 3 is 2.10 bits per heavy atom. The van der Waals surface area contributed by atoms with Gasteiger partial charge in [-0.15, -0.1) is 0 Å². The molecule has 4 rings (SSSR count). The summed E-state index contributed by atoms with van der Waals surface area (Å²) in [5, 5.41) is 4.74. The number of benzene rings is 2. The molecule has 0 amide bonds. The molecule has 0 atom stereocenters. The zero-order valence-corrected chi connectivity index (χ0v) is 17.2. The Balaban J connectivity index is 1.41. The summed E-state index contributed by atoms with van der Waals surface area (Å²) in [5.41, 5.74) is 4.65. The third-order valence-electron chi connectivity index (χ3n) is 5.63. The number of halogens is 3. The molecule has 0 spiro atoms. The van der Waals surface area contributed by atoms with E-state index >= 15 is 0 Å². The van der Waals surface area contributed by atoms with Gasteiger partial charge in [-0.3, -0.25) is 4.90 Å². The van der Waals surface area contributed by atoms with Gasteiger partial charge in [0, 0.05) is 32.7 Å². The van der Waals surface area contributed by atoms with Crippen LogP contribution in [0.3, 0.4) is 0 Å². The first-order valence-corrected chi connectivity index (χ1v) is 10.1. The Bertz CT molecular complexity index is 986. The Morgan fingerprint density at radius 1 is 0.867 bits per heavy atom. The van der Waals surface area contributed by atoms with Gasteiger partial charge in [0.15, 0.2) is 0 Å². The zero-order valence-electron chi connectivity index (χ0n) is 17.2. The molecule has 1 fully saturated rings. The second-order valence-electron chi connectivity index (χ2n) is 7.72. The Kier molecular flexibility index (Phi) is 5.56. The fourth-order valence-electron chi connectivity index (χ4n) is 4.10. The number of rotatable bonds is 4. The third kappa shape index (κ3) is 4.21. The Labute approximate surface area is 174 Å². The molecule has 158 valence electrons. The maximum absolute atomic E-state index is 12.7. The van der Waals surface area contributed by atoms with E-state index in [9.17, 15) is 13.2 Å². The average molecular weight is 414 g/mol. The van der Waals surface area contributed by atoms with Gasteiger partial charge in [-0.1, -0.05) is 30.3 Å². The van der Waals surface area contributed by atoms with Gasteiger partial charge in [0.2, 0.25) is 0 Å². The van der Waals surface area contributed by atoms with Crippen LogP contribution in [0, 0.1) is 13.8 Å². The molecule has 4 nitrogen and oxygen atoms in total. The highest BCUT2D eigenvalue weighted by molar-refractivity contribution is 5.57. The van der Waals surface area contributed by atoms with Crippen LogP contribution in [-0.4, -0.2) is 40.9 Å². The number of piperazine rings is 1. The normalized spacial score (nSPS) is 15.6. The van der Waals surface area contributed by atoms with E-state index in [1.54, 1.807) is 12.1 Å². The van der Waals surface area contributed by atoms with Gasteiger partial charge in [-0.2, -0.15) is 18.3 Å². The molecule has 3 aromatic rings. The number of aromatic nitrogens is 2. The van der Waals surface area contributed by atoms with E-state index in [2.05, 4.69) is 16.7 Å². The molecular weight excluding hydrogens is 389 g/mol. The molecule has 1 saturated heterocycles. The average Bonchev–Trinajstić information content (AvgIpc) is 3.03. The van der Waals surface area contributed by atoms with E-state index in [1.165, 1.54) is 5.69 Å². The lowest BCUT2D eigenvalue weighted by atomic mass is 10.1. The number of hydrogen-bond donors (Lipinski definition) is 0. The highest BCUT2D eigenvalue weighted by atomic mass is 19.4. The molecule has 0 saturated carbocycles. The molecular formula is C23H25F3N4. The van der Waals surface area contributed by atoms with Crippen LogP contribution in [0.2, 0.25) is 0 Å². The van der Waals surface area contributed by atoms with E-state index in [-0.39, 0.29) is 0 Å². The molecule has 1 aliphatic rings. The topological polar surface area (TPSA) is 24.3 Å². The highest BCUT2D eigenvalue weighted by Gasteiger charge is 2.30. The minimum absolute atomic E-state index is 0.600. The lowest BCUT2D eigenvalue weighted by molar-refractivity contribution is -0.137. The van der Waals surface area contributed by atoms with Crippen LogP contribution in [0.15, 0.2) is 54.6 Å². The minimum Gasteiger partial charge on any atom is -0.366 e. The van der Waals surface area contributed by atoms with Crippen molar-refractivity contribution in [2.45, 2.75) is 26.6 Å². The van der Waals surface area contributed by atoms with E-state index < -0.39 is 11.7 Å². The highest BCUT2D eigenvalue weighted by Crippen LogP contribution is 2.30. The molecule has 0 N–H and O–H groups in total. The van der Waals surface area contributed by atoms with Crippen LogP contribution in [0.4, 0.5) is 18.9 Å². The standard InChI is InChI=1S/C23H25F3N4/c1-17-22(18(2)30(27-17)21-6-4-3-5-7-21)29-14-12-28(13-15-29)16-19-8-10-20(11-9-19)23(24,25)26/h3-11H,12-16H2,1-2H3. The molecule has 7 heteroatoms. The number of alkyl halides is 3. The second kappa shape index (κ2) is 8.14. The summed E-state index contributed by atoms with van der Waals surface area (Å²) in [7, 11) is 0.